The van der Waals surface area contributed by atoms with E-state index in [1.165, 1.54) is 48.6 Å². The summed E-state index contributed by atoms with van der Waals surface area (Å²) < 4.78 is 2.11. The van der Waals surface area contributed by atoms with Crippen LogP contribution in [0.5, 0.6) is 0 Å². The predicted octanol–water partition coefficient (Wildman–Crippen LogP) is 6.57. The van der Waals surface area contributed by atoms with Crippen LogP contribution in [0.2, 0.25) is 0 Å². The number of allylic oxidation sites excluding steroid dienone is 3. The van der Waals surface area contributed by atoms with Gasteiger partial charge in [-0.15, -0.1) is 12.6 Å². The minimum atomic E-state index is 0.896. The van der Waals surface area contributed by atoms with Crippen molar-refractivity contribution in [3.63, 3.8) is 0 Å². The predicted molar refractivity (Wildman–Crippen MR) is 85.6 cm³/mol. The van der Waals surface area contributed by atoms with Crippen molar-refractivity contribution in [3.05, 3.63) is 19.9 Å². The van der Waals surface area contributed by atoms with Gasteiger partial charge in [0.05, 0.1) is 0 Å². The fraction of sp³-hybridized carbons (Fsp3) is 0.692. The number of hydrogen-bond acceptors (Lipinski definition) is 1. The lowest BCUT2D eigenvalue weighted by atomic mass is 10.1. The largest absolute Gasteiger partial charge is 0.136 e. The summed E-state index contributed by atoms with van der Waals surface area (Å²) in [6, 6.07) is 0. The van der Waals surface area contributed by atoms with Crippen molar-refractivity contribution in [2.24, 2.45) is 0 Å². The van der Waals surface area contributed by atoms with Gasteiger partial charge in [0.25, 0.3) is 0 Å². The Hall–Kier alpha value is 0.790. The molecule has 0 unspecified atom stereocenters. The maximum Gasteiger partial charge on any atom is 0.0475 e. The molecule has 0 atom stereocenters. The Morgan fingerprint density at radius 1 is 1.06 bits per heavy atom. The molecule has 0 amide bonds. The summed E-state index contributed by atoms with van der Waals surface area (Å²) in [7, 11) is 0. The van der Waals surface area contributed by atoms with Crippen LogP contribution in [0.3, 0.4) is 0 Å². The molecular formula is C13H22Br2S. The number of unbranched alkanes of at least 4 members (excludes halogenated alkanes) is 5. The summed E-state index contributed by atoms with van der Waals surface area (Å²) in [5, 5.41) is 0. The molecule has 0 aromatic rings. The summed E-state index contributed by atoms with van der Waals surface area (Å²) in [5.74, 6) is 0. The lowest BCUT2D eigenvalue weighted by Crippen LogP contribution is -1.84. The van der Waals surface area contributed by atoms with Crippen molar-refractivity contribution in [2.75, 3.05) is 0 Å². The van der Waals surface area contributed by atoms with E-state index in [0.29, 0.717) is 0 Å². The second kappa shape index (κ2) is 10.9. The molecular weight excluding hydrogens is 348 g/mol. The number of thiol groups is 1. The van der Waals surface area contributed by atoms with Crippen LogP contribution in [0, 0.1) is 0 Å². The fourth-order valence-corrected chi connectivity index (χ4v) is 2.33. The average molecular weight is 370 g/mol. The van der Waals surface area contributed by atoms with Gasteiger partial charge in [0.1, 0.15) is 0 Å². The fourth-order valence-electron chi connectivity index (χ4n) is 1.58. The Kier molecular flexibility index (Phi) is 11.5. The van der Waals surface area contributed by atoms with Gasteiger partial charge in [-0.1, -0.05) is 55.0 Å². The van der Waals surface area contributed by atoms with E-state index in [0.717, 1.165) is 10.2 Å². The minimum absolute atomic E-state index is 0.896. The summed E-state index contributed by atoms with van der Waals surface area (Å²) in [4.78, 5) is 0. The molecule has 94 valence electrons. The molecule has 0 aliphatic carbocycles. The SMILES string of the molecule is CCCCCCCCC(/C=C(\S)Br)=C(/C)Br. The molecule has 0 radical (unpaired) electrons. The summed E-state index contributed by atoms with van der Waals surface area (Å²) in [5.41, 5.74) is 1.34. The standard InChI is InChI=1S/C13H22Br2S/c1-3-4-5-6-7-8-9-12(11(2)14)10-13(15)16/h10,16H,3-9H2,1-2H3/b12-11+,13-10-. The van der Waals surface area contributed by atoms with E-state index in [1.807, 2.05) is 0 Å². The molecule has 0 saturated heterocycles. The molecule has 0 spiro atoms. The molecule has 0 rings (SSSR count). The van der Waals surface area contributed by atoms with Crippen molar-refractivity contribution in [3.8, 4) is 0 Å². The highest BCUT2D eigenvalue weighted by atomic mass is 79.9. The molecule has 0 bridgehead atoms. The molecule has 0 N–H and O–H groups in total. The van der Waals surface area contributed by atoms with Crippen LogP contribution in [-0.2, 0) is 0 Å². The monoisotopic (exact) mass is 368 g/mol. The van der Waals surface area contributed by atoms with Crippen molar-refractivity contribution < 1.29 is 0 Å². The van der Waals surface area contributed by atoms with Gasteiger partial charge in [-0.25, -0.2) is 0 Å². The van der Waals surface area contributed by atoms with E-state index < -0.39 is 0 Å². The molecule has 0 aliphatic heterocycles. The molecule has 0 nitrogen and oxygen atoms in total. The maximum atomic E-state index is 4.25. The van der Waals surface area contributed by atoms with Gasteiger partial charge in [0.15, 0.2) is 0 Å². The van der Waals surface area contributed by atoms with Gasteiger partial charge in [0, 0.05) is 3.81 Å². The molecule has 3 heteroatoms. The molecule has 16 heavy (non-hydrogen) atoms. The van der Waals surface area contributed by atoms with Gasteiger partial charge < -0.3 is 0 Å². The van der Waals surface area contributed by atoms with Gasteiger partial charge in [-0.05, 0) is 51.8 Å². The van der Waals surface area contributed by atoms with Crippen molar-refractivity contribution in [2.45, 2.75) is 58.8 Å². The van der Waals surface area contributed by atoms with Crippen LogP contribution < -0.4 is 0 Å². The van der Waals surface area contributed by atoms with Crippen molar-refractivity contribution >= 4 is 44.5 Å². The third-order valence-corrected chi connectivity index (χ3v) is 3.40. The molecule has 0 aliphatic rings. The molecule has 0 aromatic heterocycles. The summed E-state index contributed by atoms with van der Waals surface area (Å²) in [6.07, 6.45) is 11.3. The summed E-state index contributed by atoms with van der Waals surface area (Å²) in [6.45, 7) is 4.34. The van der Waals surface area contributed by atoms with Crippen LogP contribution >= 0.6 is 44.5 Å². The molecule has 0 aromatic carbocycles. The van der Waals surface area contributed by atoms with E-state index in [2.05, 4.69) is 64.4 Å². The van der Waals surface area contributed by atoms with Gasteiger partial charge in [-0.2, -0.15) is 0 Å². The van der Waals surface area contributed by atoms with Crippen LogP contribution in [0.4, 0.5) is 0 Å². The first kappa shape index (κ1) is 16.8. The van der Waals surface area contributed by atoms with Crippen LogP contribution in [0.1, 0.15) is 58.8 Å². The van der Waals surface area contributed by atoms with E-state index in [-0.39, 0.29) is 0 Å². The smallest absolute Gasteiger partial charge is 0.0475 e. The maximum absolute atomic E-state index is 4.25. The Balaban J connectivity index is 3.80. The third kappa shape index (κ3) is 9.98. The lowest BCUT2D eigenvalue weighted by Gasteiger charge is -2.05. The normalized spacial score (nSPS) is 13.9. The highest BCUT2D eigenvalue weighted by Crippen LogP contribution is 2.23. The third-order valence-electron chi connectivity index (χ3n) is 2.54. The number of hydrogen-bond donors (Lipinski definition) is 1. The highest BCUT2D eigenvalue weighted by molar-refractivity contribution is 9.13. The Labute approximate surface area is 123 Å². The quantitative estimate of drug-likeness (QED) is 0.279. The first-order chi connectivity index (χ1) is 7.57. The number of halogens is 2. The first-order valence-electron chi connectivity index (χ1n) is 5.99. The highest BCUT2D eigenvalue weighted by Gasteiger charge is 1.99. The Morgan fingerprint density at radius 2 is 1.62 bits per heavy atom. The Morgan fingerprint density at radius 3 is 2.12 bits per heavy atom. The van der Waals surface area contributed by atoms with E-state index in [9.17, 15) is 0 Å². The molecule has 0 saturated carbocycles. The minimum Gasteiger partial charge on any atom is -0.136 e. The zero-order valence-corrected chi connectivity index (χ0v) is 14.3. The van der Waals surface area contributed by atoms with Crippen LogP contribution in [0.25, 0.3) is 0 Å². The lowest BCUT2D eigenvalue weighted by molar-refractivity contribution is 0.608. The zero-order valence-electron chi connectivity index (χ0n) is 10.2. The van der Waals surface area contributed by atoms with Crippen LogP contribution in [0.15, 0.2) is 19.9 Å². The van der Waals surface area contributed by atoms with Crippen LogP contribution in [-0.4, -0.2) is 0 Å². The first-order valence-corrected chi connectivity index (χ1v) is 8.02. The van der Waals surface area contributed by atoms with E-state index in [4.69, 9.17) is 0 Å². The average Bonchev–Trinajstić information content (AvgIpc) is 2.20. The Bertz CT molecular complexity index is 236. The molecule has 0 fully saturated rings. The van der Waals surface area contributed by atoms with Gasteiger partial charge in [0.2, 0.25) is 0 Å². The molecule has 0 heterocycles. The second-order valence-corrected chi connectivity index (χ2v) is 7.18. The van der Waals surface area contributed by atoms with Crippen molar-refractivity contribution in [1.29, 1.82) is 0 Å². The van der Waals surface area contributed by atoms with Gasteiger partial charge in [-0.3, -0.25) is 0 Å². The topological polar surface area (TPSA) is 0 Å². The van der Waals surface area contributed by atoms with E-state index >= 15 is 0 Å². The zero-order chi connectivity index (χ0) is 12.4. The summed E-state index contributed by atoms with van der Waals surface area (Å²) >= 11 is 11.1. The van der Waals surface area contributed by atoms with E-state index in [1.54, 1.807) is 0 Å². The van der Waals surface area contributed by atoms with Crippen molar-refractivity contribution in [1.82, 2.24) is 0 Å². The number of rotatable bonds is 8. The second-order valence-electron chi connectivity index (χ2n) is 4.04. The van der Waals surface area contributed by atoms with Gasteiger partial charge >= 0.3 is 0 Å².